The number of Topliss-reactive ketones (excluding diaryl/α,β-unsaturated/α-hetero) is 2. The molecule has 138 valence electrons. The Labute approximate surface area is 149 Å². The zero-order chi connectivity index (χ0) is 18.2. The zero-order valence-electron chi connectivity index (χ0n) is 15.5. The van der Waals surface area contributed by atoms with Crippen molar-refractivity contribution in [3.8, 4) is 0 Å². The lowest BCUT2D eigenvalue weighted by molar-refractivity contribution is -0.166. The van der Waals surface area contributed by atoms with Crippen molar-refractivity contribution in [3.05, 3.63) is 11.6 Å². The van der Waals surface area contributed by atoms with Crippen LogP contribution in [0.15, 0.2) is 11.6 Å². The van der Waals surface area contributed by atoms with Crippen molar-refractivity contribution >= 4 is 11.6 Å². The highest BCUT2D eigenvalue weighted by Crippen LogP contribution is 2.66. The third kappa shape index (κ3) is 2.07. The van der Waals surface area contributed by atoms with Gasteiger partial charge in [-0.15, -0.1) is 0 Å². The van der Waals surface area contributed by atoms with Gasteiger partial charge in [-0.3, -0.25) is 9.59 Å². The van der Waals surface area contributed by atoms with Gasteiger partial charge in [-0.1, -0.05) is 25.5 Å². The fourth-order valence-corrected chi connectivity index (χ4v) is 7.05. The van der Waals surface area contributed by atoms with Gasteiger partial charge in [-0.25, -0.2) is 0 Å². The summed E-state index contributed by atoms with van der Waals surface area (Å²) in [5.41, 5.74) is -0.888. The van der Waals surface area contributed by atoms with Gasteiger partial charge in [0.2, 0.25) is 0 Å². The topological polar surface area (TPSA) is 74.6 Å². The minimum atomic E-state index is -1.36. The molecule has 2 N–H and O–H groups in total. The predicted molar refractivity (Wildman–Crippen MR) is 93.7 cm³/mol. The fraction of sp³-hybridized carbons (Fsp3) is 0.810. The molecule has 0 aromatic carbocycles. The highest BCUT2D eigenvalue weighted by Gasteiger charge is 2.67. The number of carbonyl (C=O) groups is 2. The van der Waals surface area contributed by atoms with E-state index in [9.17, 15) is 19.8 Å². The Bertz CT molecular complexity index is 667. The minimum Gasteiger partial charge on any atom is -0.393 e. The Morgan fingerprint density at radius 3 is 2.64 bits per heavy atom. The summed E-state index contributed by atoms with van der Waals surface area (Å²) in [7, 11) is 0. The van der Waals surface area contributed by atoms with Crippen LogP contribution in [0.25, 0.3) is 0 Å². The van der Waals surface area contributed by atoms with Crippen molar-refractivity contribution in [1.29, 1.82) is 0 Å². The van der Waals surface area contributed by atoms with Crippen LogP contribution < -0.4 is 0 Å². The van der Waals surface area contributed by atoms with E-state index >= 15 is 0 Å². The molecule has 4 aliphatic carbocycles. The second-order valence-electron chi connectivity index (χ2n) is 9.54. The molecule has 4 nitrogen and oxygen atoms in total. The van der Waals surface area contributed by atoms with Crippen molar-refractivity contribution in [1.82, 2.24) is 0 Å². The first-order valence-corrected chi connectivity index (χ1v) is 9.77. The van der Waals surface area contributed by atoms with Crippen LogP contribution in [0, 0.1) is 28.6 Å². The Morgan fingerprint density at radius 1 is 1.24 bits per heavy atom. The number of aliphatic hydroxyl groups is 2. The number of rotatable bonds is 1. The van der Waals surface area contributed by atoms with Gasteiger partial charge in [0, 0.05) is 17.8 Å². The molecule has 3 fully saturated rings. The van der Waals surface area contributed by atoms with Crippen LogP contribution >= 0.6 is 0 Å². The maximum absolute atomic E-state index is 13.3. The van der Waals surface area contributed by atoms with E-state index in [0.29, 0.717) is 19.3 Å². The van der Waals surface area contributed by atoms with Crippen molar-refractivity contribution in [2.45, 2.75) is 77.4 Å². The molecule has 7 atom stereocenters. The molecule has 0 amide bonds. The number of hydrogen-bond acceptors (Lipinski definition) is 4. The smallest absolute Gasteiger partial charge is 0.161 e. The largest absolute Gasteiger partial charge is 0.393 e. The molecule has 4 aliphatic rings. The van der Waals surface area contributed by atoms with E-state index < -0.39 is 11.0 Å². The van der Waals surface area contributed by atoms with E-state index in [-0.39, 0.29) is 40.8 Å². The molecule has 0 radical (unpaired) electrons. The van der Waals surface area contributed by atoms with Crippen LogP contribution in [0.3, 0.4) is 0 Å². The van der Waals surface area contributed by atoms with Gasteiger partial charge in [0.1, 0.15) is 11.4 Å². The second-order valence-corrected chi connectivity index (χ2v) is 9.54. The molecular weight excluding hydrogens is 316 g/mol. The Hall–Kier alpha value is -1.00. The summed E-state index contributed by atoms with van der Waals surface area (Å²) in [5.74, 6) is 0.430. The number of fused-ring (bicyclic) bond motifs is 5. The number of carbonyl (C=O) groups excluding carboxylic acids is 2. The predicted octanol–water partition coefficient (Wildman–Crippen LogP) is 2.81. The van der Waals surface area contributed by atoms with Crippen molar-refractivity contribution in [3.63, 3.8) is 0 Å². The first-order chi connectivity index (χ1) is 11.6. The summed E-state index contributed by atoms with van der Waals surface area (Å²) in [5, 5.41) is 21.2. The lowest BCUT2D eigenvalue weighted by Gasteiger charge is -2.57. The van der Waals surface area contributed by atoms with E-state index in [1.807, 2.05) is 6.92 Å². The molecule has 0 bridgehead atoms. The average molecular weight is 346 g/mol. The minimum absolute atomic E-state index is 0.0209. The highest BCUT2D eigenvalue weighted by molar-refractivity contribution is 5.90. The summed E-state index contributed by atoms with van der Waals surface area (Å²) in [6, 6.07) is 0. The van der Waals surface area contributed by atoms with Gasteiger partial charge in [0.15, 0.2) is 5.78 Å². The number of hydrogen-bond donors (Lipinski definition) is 2. The van der Waals surface area contributed by atoms with Gasteiger partial charge in [-0.05, 0) is 62.7 Å². The van der Waals surface area contributed by atoms with Crippen LogP contribution in [0.5, 0.6) is 0 Å². The van der Waals surface area contributed by atoms with Crippen molar-refractivity contribution in [2.75, 3.05) is 0 Å². The highest BCUT2D eigenvalue weighted by atomic mass is 16.3. The van der Waals surface area contributed by atoms with E-state index in [1.165, 1.54) is 12.5 Å². The third-order valence-corrected chi connectivity index (χ3v) is 8.50. The molecular formula is C21H30O4. The molecule has 0 unspecified atom stereocenters. The Morgan fingerprint density at radius 2 is 1.96 bits per heavy atom. The zero-order valence-corrected chi connectivity index (χ0v) is 15.5. The van der Waals surface area contributed by atoms with Gasteiger partial charge in [0.05, 0.1) is 6.10 Å². The normalized spacial score (nSPS) is 52.0. The maximum Gasteiger partial charge on any atom is 0.161 e. The van der Waals surface area contributed by atoms with Gasteiger partial charge in [-0.2, -0.15) is 0 Å². The molecule has 0 aliphatic heterocycles. The fourth-order valence-electron chi connectivity index (χ4n) is 7.05. The molecule has 0 aromatic heterocycles. The quantitative estimate of drug-likeness (QED) is 0.716. The summed E-state index contributed by atoms with van der Waals surface area (Å²) >= 11 is 0. The number of aliphatic hydroxyl groups excluding tert-OH is 1. The Balaban J connectivity index is 1.76. The molecule has 3 saturated carbocycles. The lowest BCUT2D eigenvalue weighted by atomic mass is 9.46. The number of ketones is 2. The molecule has 4 heteroatoms. The standard InChI is InChI=1S/C21H30O4/c1-12(22)21(25)9-7-16-15-5-4-13-10-14(23)6-8-19(13,2)18(15)17(24)11-20(16,21)3/h4,14-16,18,23,25H,5-11H2,1-3H3/t14-,15+,16+,18-,19-,20+,21+/m0/s1. The SMILES string of the molecule is CC(=O)[C@]1(O)CC[C@@H]2[C@H]3CC=C4C[C@@H](O)CC[C@]4(C)[C@@H]3C(=O)C[C@]21C. The summed E-state index contributed by atoms with van der Waals surface area (Å²) in [6.45, 7) is 5.63. The van der Waals surface area contributed by atoms with E-state index in [0.717, 1.165) is 25.7 Å². The summed E-state index contributed by atoms with van der Waals surface area (Å²) < 4.78 is 0. The van der Waals surface area contributed by atoms with Crippen LogP contribution in [-0.2, 0) is 9.59 Å². The first-order valence-electron chi connectivity index (χ1n) is 9.77. The van der Waals surface area contributed by atoms with Gasteiger partial charge in [0.25, 0.3) is 0 Å². The van der Waals surface area contributed by atoms with Crippen molar-refractivity contribution in [2.24, 2.45) is 28.6 Å². The average Bonchev–Trinajstić information content (AvgIpc) is 2.80. The molecule has 0 saturated heterocycles. The van der Waals surface area contributed by atoms with Crippen LogP contribution in [0.1, 0.15) is 65.7 Å². The lowest BCUT2D eigenvalue weighted by Crippen LogP contribution is -2.60. The van der Waals surface area contributed by atoms with E-state index in [2.05, 4.69) is 13.0 Å². The van der Waals surface area contributed by atoms with E-state index in [1.54, 1.807) is 0 Å². The van der Waals surface area contributed by atoms with Crippen LogP contribution in [-0.4, -0.2) is 33.5 Å². The number of allylic oxidation sites excluding steroid dienone is 1. The second kappa shape index (κ2) is 5.26. The summed E-state index contributed by atoms with van der Waals surface area (Å²) in [6.07, 6.45) is 6.71. The molecule has 0 heterocycles. The maximum atomic E-state index is 13.3. The van der Waals surface area contributed by atoms with Crippen LogP contribution in [0.4, 0.5) is 0 Å². The molecule has 0 aromatic rings. The molecule has 25 heavy (non-hydrogen) atoms. The molecule has 0 spiro atoms. The monoisotopic (exact) mass is 346 g/mol. The van der Waals surface area contributed by atoms with Gasteiger partial charge >= 0.3 is 0 Å². The van der Waals surface area contributed by atoms with E-state index in [4.69, 9.17) is 0 Å². The first kappa shape index (κ1) is 17.4. The Kier molecular flexibility index (Phi) is 3.66. The third-order valence-electron chi connectivity index (χ3n) is 8.50. The summed E-state index contributed by atoms with van der Waals surface area (Å²) in [4.78, 5) is 25.5. The van der Waals surface area contributed by atoms with Crippen molar-refractivity contribution < 1.29 is 19.8 Å². The van der Waals surface area contributed by atoms with Gasteiger partial charge < -0.3 is 10.2 Å². The van der Waals surface area contributed by atoms with Crippen LogP contribution in [0.2, 0.25) is 0 Å². The molecule has 4 rings (SSSR count).